The van der Waals surface area contributed by atoms with Crippen LogP contribution in [0.2, 0.25) is 0 Å². The van der Waals surface area contributed by atoms with Crippen molar-refractivity contribution >= 4 is 11.9 Å². The summed E-state index contributed by atoms with van der Waals surface area (Å²) in [4.78, 5) is 51.0. The van der Waals surface area contributed by atoms with Gasteiger partial charge in [-0.1, -0.05) is 36.4 Å². The van der Waals surface area contributed by atoms with Gasteiger partial charge in [-0.25, -0.2) is 18.8 Å². The second-order valence-electron chi connectivity index (χ2n) is 7.69. The van der Waals surface area contributed by atoms with E-state index >= 15 is 4.39 Å². The average molecular weight is 468 g/mol. The van der Waals surface area contributed by atoms with Gasteiger partial charge in [0.1, 0.15) is 12.7 Å². The molecule has 2 heterocycles. The van der Waals surface area contributed by atoms with Gasteiger partial charge in [-0.15, -0.1) is 0 Å². The molecule has 176 valence electrons. The Morgan fingerprint density at radius 2 is 1.59 bits per heavy atom. The standard InChI is InChI=1S/C24H21FN2O7/c1-14-12-27(24(31)26-20(14)28)21-18(25)19(34-23(30)16-10-6-3-7-11-16)17(33-21)13-32-22(29)15-8-4-2-5-9-15/h2-12,17-19,21H,13H2,1H3,(H,26,28,31). The molecule has 10 heteroatoms. The number of hydrogen-bond donors (Lipinski definition) is 1. The number of alkyl halides is 1. The molecule has 1 aliphatic rings. The Balaban J connectivity index is 1.59. The summed E-state index contributed by atoms with van der Waals surface area (Å²) < 4.78 is 32.7. The molecular formula is C24H21FN2O7. The molecule has 34 heavy (non-hydrogen) atoms. The van der Waals surface area contributed by atoms with Gasteiger partial charge in [0, 0.05) is 11.8 Å². The van der Waals surface area contributed by atoms with Gasteiger partial charge in [0.05, 0.1) is 11.1 Å². The van der Waals surface area contributed by atoms with E-state index in [0.717, 1.165) is 10.8 Å². The van der Waals surface area contributed by atoms with E-state index in [4.69, 9.17) is 14.2 Å². The largest absolute Gasteiger partial charge is 0.459 e. The highest BCUT2D eigenvalue weighted by Gasteiger charge is 2.49. The highest BCUT2D eigenvalue weighted by Crippen LogP contribution is 2.34. The first-order valence-corrected chi connectivity index (χ1v) is 10.4. The van der Waals surface area contributed by atoms with E-state index < -0.39 is 54.4 Å². The van der Waals surface area contributed by atoms with Gasteiger partial charge >= 0.3 is 17.6 Å². The second-order valence-corrected chi connectivity index (χ2v) is 7.69. The first kappa shape index (κ1) is 23.1. The first-order chi connectivity index (χ1) is 16.3. The quantitative estimate of drug-likeness (QED) is 0.551. The summed E-state index contributed by atoms with van der Waals surface area (Å²) in [6, 6.07) is 16.1. The lowest BCUT2D eigenvalue weighted by molar-refractivity contribution is -0.0592. The Morgan fingerprint density at radius 3 is 2.21 bits per heavy atom. The topological polar surface area (TPSA) is 117 Å². The van der Waals surface area contributed by atoms with Crippen LogP contribution in [0.15, 0.2) is 76.4 Å². The number of carbonyl (C=O) groups is 2. The lowest BCUT2D eigenvalue weighted by atomic mass is 10.1. The fourth-order valence-corrected chi connectivity index (χ4v) is 3.55. The number of aryl methyl sites for hydroxylation is 1. The van der Waals surface area contributed by atoms with Crippen LogP contribution in [-0.4, -0.2) is 46.5 Å². The van der Waals surface area contributed by atoms with Crippen LogP contribution in [0.25, 0.3) is 0 Å². The average Bonchev–Trinajstić information content (AvgIpc) is 3.15. The fourth-order valence-electron chi connectivity index (χ4n) is 3.55. The number of ether oxygens (including phenoxy) is 3. The Labute approximate surface area is 192 Å². The van der Waals surface area contributed by atoms with Crippen molar-refractivity contribution in [3.8, 4) is 0 Å². The minimum Gasteiger partial charge on any atom is -0.459 e. The van der Waals surface area contributed by atoms with E-state index in [2.05, 4.69) is 4.98 Å². The number of rotatable bonds is 6. The Kier molecular flexibility index (Phi) is 6.69. The number of nitrogens with zero attached hydrogens (tertiary/aromatic N) is 1. The zero-order valence-electron chi connectivity index (χ0n) is 18.1. The molecule has 4 rings (SSSR count). The van der Waals surface area contributed by atoms with Gasteiger partial charge in [0.2, 0.25) is 0 Å². The molecule has 1 aromatic heterocycles. The smallest absolute Gasteiger partial charge is 0.338 e. The molecule has 0 aliphatic carbocycles. The highest BCUT2D eigenvalue weighted by molar-refractivity contribution is 5.90. The summed E-state index contributed by atoms with van der Waals surface area (Å²) in [5, 5.41) is 0. The van der Waals surface area contributed by atoms with Crippen LogP contribution in [0.1, 0.15) is 32.5 Å². The minimum atomic E-state index is -1.99. The summed E-state index contributed by atoms with van der Waals surface area (Å²) in [5.41, 5.74) is -0.880. The SMILES string of the molecule is Cc1cn(C2OC(COC(=O)c3ccccc3)C(OC(=O)c3ccccc3)C2F)c(=O)[nH]c1=O. The van der Waals surface area contributed by atoms with Crippen molar-refractivity contribution in [1.82, 2.24) is 9.55 Å². The molecule has 0 spiro atoms. The number of hydrogen-bond acceptors (Lipinski definition) is 7. The number of esters is 2. The van der Waals surface area contributed by atoms with E-state index in [-0.39, 0.29) is 16.7 Å². The van der Waals surface area contributed by atoms with Crippen LogP contribution in [0.5, 0.6) is 0 Å². The van der Waals surface area contributed by atoms with Gasteiger partial charge in [0.25, 0.3) is 5.56 Å². The molecule has 1 aliphatic heterocycles. The van der Waals surface area contributed by atoms with E-state index in [9.17, 15) is 19.2 Å². The lowest BCUT2D eigenvalue weighted by Crippen LogP contribution is -2.38. The van der Waals surface area contributed by atoms with Gasteiger partial charge in [0.15, 0.2) is 18.5 Å². The predicted octanol–water partition coefficient (Wildman–Crippen LogP) is 2.16. The maximum Gasteiger partial charge on any atom is 0.338 e. The summed E-state index contributed by atoms with van der Waals surface area (Å²) >= 11 is 0. The van der Waals surface area contributed by atoms with Crippen LogP contribution in [-0.2, 0) is 14.2 Å². The Morgan fingerprint density at radius 1 is 1.00 bits per heavy atom. The maximum atomic E-state index is 15.5. The van der Waals surface area contributed by atoms with E-state index in [1.54, 1.807) is 48.5 Å². The summed E-state index contributed by atoms with van der Waals surface area (Å²) in [7, 11) is 0. The minimum absolute atomic E-state index is 0.159. The Bertz CT molecular complexity index is 1290. The van der Waals surface area contributed by atoms with Crippen molar-refractivity contribution in [3.05, 3.63) is 104 Å². The fraction of sp³-hybridized carbons (Fsp3) is 0.250. The third-order valence-electron chi connectivity index (χ3n) is 5.33. The van der Waals surface area contributed by atoms with Crippen LogP contribution in [0, 0.1) is 6.92 Å². The van der Waals surface area contributed by atoms with Gasteiger partial charge in [-0.05, 0) is 31.2 Å². The zero-order chi connectivity index (χ0) is 24.2. The summed E-state index contributed by atoms with van der Waals surface area (Å²) in [6.07, 6.45) is -5.04. The summed E-state index contributed by atoms with van der Waals surface area (Å²) in [5.74, 6) is -1.48. The highest BCUT2D eigenvalue weighted by atomic mass is 19.1. The molecule has 1 fully saturated rings. The molecule has 0 radical (unpaired) electrons. The van der Waals surface area contributed by atoms with Crippen LogP contribution >= 0.6 is 0 Å². The molecular weight excluding hydrogens is 447 g/mol. The van der Waals surface area contributed by atoms with Gasteiger partial charge in [-0.2, -0.15) is 0 Å². The van der Waals surface area contributed by atoms with Crippen molar-refractivity contribution in [3.63, 3.8) is 0 Å². The van der Waals surface area contributed by atoms with E-state index in [1.807, 2.05) is 0 Å². The zero-order valence-corrected chi connectivity index (χ0v) is 18.1. The molecule has 1 saturated heterocycles. The van der Waals surface area contributed by atoms with Crippen molar-refractivity contribution in [2.24, 2.45) is 0 Å². The summed E-state index contributed by atoms with van der Waals surface area (Å²) in [6.45, 7) is 1.01. The molecule has 2 aromatic carbocycles. The molecule has 0 bridgehead atoms. The Hall–Kier alpha value is -4.05. The van der Waals surface area contributed by atoms with Crippen LogP contribution in [0.3, 0.4) is 0 Å². The molecule has 9 nitrogen and oxygen atoms in total. The molecule has 4 atom stereocenters. The maximum absolute atomic E-state index is 15.5. The van der Waals surface area contributed by atoms with Gasteiger partial charge < -0.3 is 14.2 Å². The van der Waals surface area contributed by atoms with Crippen molar-refractivity contribution in [2.75, 3.05) is 6.61 Å². The predicted molar refractivity (Wildman–Crippen MR) is 117 cm³/mol. The van der Waals surface area contributed by atoms with E-state index in [0.29, 0.717) is 0 Å². The van der Waals surface area contributed by atoms with Crippen LogP contribution in [0.4, 0.5) is 4.39 Å². The number of nitrogens with one attached hydrogen (secondary N) is 1. The number of halogens is 1. The number of carbonyl (C=O) groups excluding carboxylic acids is 2. The van der Waals surface area contributed by atoms with Crippen molar-refractivity contribution in [2.45, 2.75) is 31.5 Å². The lowest BCUT2D eigenvalue weighted by Gasteiger charge is -2.19. The third kappa shape index (κ3) is 4.81. The number of benzene rings is 2. The molecule has 3 aromatic rings. The van der Waals surface area contributed by atoms with Crippen molar-refractivity contribution < 1.29 is 28.2 Å². The monoisotopic (exact) mass is 468 g/mol. The first-order valence-electron chi connectivity index (χ1n) is 10.4. The number of H-pyrrole nitrogens is 1. The van der Waals surface area contributed by atoms with Gasteiger partial charge in [-0.3, -0.25) is 14.3 Å². The molecule has 4 unspecified atom stereocenters. The molecule has 0 saturated carbocycles. The van der Waals surface area contributed by atoms with Crippen LogP contribution < -0.4 is 11.2 Å². The molecule has 0 amide bonds. The molecule has 1 N–H and O–H groups in total. The third-order valence-corrected chi connectivity index (χ3v) is 5.33. The van der Waals surface area contributed by atoms with Crippen molar-refractivity contribution in [1.29, 1.82) is 0 Å². The number of aromatic amines is 1. The normalized spacial score (nSPS) is 21.7. The second kappa shape index (κ2) is 9.84. The number of aromatic nitrogens is 2. The van der Waals surface area contributed by atoms with E-state index in [1.165, 1.54) is 19.1 Å².